The Morgan fingerprint density at radius 1 is 0.878 bits per heavy atom. The van der Waals surface area contributed by atoms with Crippen molar-refractivity contribution >= 4 is 12.0 Å². The van der Waals surface area contributed by atoms with Crippen LogP contribution in [0.4, 0.5) is 0 Å². The molecule has 226 valence electrons. The minimum absolute atomic E-state index is 0.141. The lowest BCUT2D eigenvalue weighted by Gasteiger charge is -2.38. The van der Waals surface area contributed by atoms with Gasteiger partial charge in [0.05, 0.1) is 0 Å². The molecule has 1 aliphatic heterocycles. The van der Waals surface area contributed by atoms with Gasteiger partial charge in [-0.3, -0.25) is 0 Å². The third kappa shape index (κ3) is 10.0. The van der Waals surface area contributed by atoms with E-state index in [-0.39, 0.29) is 11.6 Å². The van der Waals surface area contributed by atoms with Crippen molar-refractivity contribution in [2.45, 2.75) is 132 Å². The second kappa shape index (κ2) is 15.6. The topological polar surface area (TPSA) is 35.5 Å². The van der Waals surface area contributed by atoms with Crippen LogP contribution < -0.4 is 9.47 Å². The third-order valence-corrected chi connectivity index (χ3v) is 9.25. The van der Waals surface area contributed by atoms with Gasteiger partial charge in [-0.15, -0.1) is 0 Å². The van der Waals surface area contributed by atoms with Gasteiger partial charge in [0.2, 0.25) is 0 Å². The number of carbonyl (C=O) groups is 1. The highest BCUT2D eigenvalue weighted by molar-refractivity contribution is 5.89. The summed E-state index contributed by atoms with van der Waals surface area (Å²) in [5.74, 6) is 3.80. The number of esters is 1. The van der Waals surface area contributed by atoms with E-state index < -0.39 is 0 Å². The third-order valence-electron chi connectivity index (χ3n) is 9.25. The normalized spacial score (nSPS) is 18.3. The standard InChI is InChI=1S/C38H56O3/c1-27(2)15-12-16-28(3)17-13-18-29(4)19-14-25-38(8)26-24-34-32(7)36(30(5)31(6)37(34)41-38)40-35(39)23-22-33-20-10-9-11-21-33/h9-11,20-23,27-29H,12-19,24-26H2,1-8H3/t28-,29-,38-/m1/s1. The van der Waals surface area contributed by atoms with Gasteiger partial charge >= 0.3 is 5.97 Å². The fourth-order valence-electron chi connectivity index (χ4n) is 6.28. The van der Waals surface area contributed by atoms with Crippen molar-refractivity contribution in [3.05, 3.63) is 64.2 Å². The highest BCUT2D eigenvalue weighted by Crippen LogP contribution is 2.45. The van der Waals surface area contributed by atoms with Crippen LogP contribution in [-0.2, 0) is 11.2 Å². The molecule has 0 saturated heterocycles. The zero-order chi connectivity index (χ0) is 30.0. The van der Waals surface area contributed by atoms with Crippen LogP contribution in [0.5, 0.6) is 11.5 Å². The Morgan fingerprint density at radius 3 is 2.12 bits per heavy atom. The van der Waals surface area contributed by atoms with E-state index in [1.807, 2.05) is 37.3 Å². The van der Waals surface area contributed by atoms with E-state index in [9.17, 15) is 4.79 Å². The Bertz CT molecular complexity index is 1150. The van der Waals surface area contributed by atoms with Crippen molar-refractivity contribution in [1.82, 2.24) is 0 Å². The molecule has 2 aromatic rings. The molecule has 3 atom stereocenters. The molecular weight excluding hydrogens is 504 g/mol. The lowest BCUT2D eigenvalue weighted by atomic mass is 9.83. The van der Waals surface area contributed by atoms with Gasteiger partial charge in [-0.1, -0.05) is 103 Å². The molecule has 1 aliphatic rings. The summed E-state index contributed by atoms with van der Waals surface area (Å²) in [6.45, 7) is 18.0. The predicted octanol–water partition coefficient (Wildman–Crippen LogP) is 10.8. The van der Waals surface area contributed by atoms with Gasteiger partial charge in [-0.25, -0.2) is 4.79 Å². The second-order valence-electron chi connectivity index (χ2n) is 13.6. The van der Waals surface area contributed by atoms with E-state index in [0.29, 0.717) is 5.75 Å². The monoisotopic (exact) mass is 560 g/mol. The maximum atomic E-state index is 12.7. The van der Waals surface area contributed by atoms with Crippen molar-refractivity contribution in [2.24, 2.45) is 17.8 Å². The Kier molecular flexibility index (Phi) is 12.6. The molecule has 3 nitrogen and oxygen atoms in total. The lowest BCUT2D eigenvalue weighted by Crippen LogP contribution is -2.37. The van der Waals surface area contributed by atoms with E-state index in [1.54, 1.807) is 6.08 Å². The molecule has 2 aromatic carbocycles. The smallest absolute Gasteiger partial charge is 0.336 e. The zero-order valence-corrected chi connectivity index (χ0v) is 27.3. The maximum Gasteiger partial charge on any atom is 0.336 e. The average molecular weight is 561 g/mol. The van der Waals surface area contributed by atoms with Crippen LogP contribution in [0.15, 0.2) is 36.4 Å². The molecule has 0 aromatic heterocycles. The van der Waals surface area contributed by atoms with Gasteiger partial charge in [0.1, 0.15) is 17.1 Å². The van der Waals surface area contributed by atoms with Gasteiger partial charge < -0.3 is 9.47 Å². The fraction of sp³-hybridized carbons (Fsp3) is 0.605. The molecule has 0 unspecified atom stereocenters. The van der Waals surface area contributed by atoms with Crippen LogP contribution in [0.1, 0.15) is 127 Å². The van der Waals surface area contributed by atoms with Crippen LogP contribution in [0.3, 0.4) is 0 Å². The van der Waals surface area contributed by atoms with E-state index in [1.165, 1.54) is 63.0 Å². The van der Waals surface area contributed by atoms with E-state index >= 15 is 0 Å². The summed E-state index contributed by atoms with van der Waals surface area (Å²) < 4.78 is 12.7. The number of carbonyl (C=O) groups excluding carboxylic acids is 1. The number of ether oxygens (including phenoxy) is 2. The molecule has 3 rings (SSSR count). The molecule has 0 N–H and O–H groups in total. The van der Waals surface area contributed by atoms with Gasteiger partial charge in [-0.2, -0.15) is 0 Å². The predicted molar refractivity (Wildman–Crippen MR) is 174 cm³/mol. The fourth-order valence-corrected chi connectivity index (χ4v) is 6.28. The number of fused-ring (bicyclic) bond motifs is 1. The molecule has 0 amide bonds. The van der Waals surface area contributed by atoms with Crippen LogP contribution in [0.25, 0.3) is 6.08 Å². The summed E-state index contributed by atoms with van der Waals surface area (Å²) in [5.41, 5.74) is 5.12. The van der Waals surface area contributed by atoms with Crippen molar-refractivity contribution in [2.75, 3.05) is 0 Å². The number of benzene rings is 2. The molecule has 0 fully saturated rings. The zero-order valence-electron chi connectivity index (χ0n) is 27.3. The number of rotatable bonds is 15. The molecule has 41 heavy (non-hydrogen) atoms. The van der Waals surface area contributed by atoms with Gasteiger partial charge in [0.25, 0.3) is 0 Å². The first-order valence-corrected chi connectivity index (χ1v) is 16.3. The van der Waals surface area contributed by atoms with E-state index in [2.05, 4.69) is 48.5 Å². The van der Waals surface area contributed by atoms with Crippen LogP contribution >= 0.6 is 0 Å². The summed E-state index contributed by atoms with van der Waals surface area (Å²) in [6, 6.07) is 9.81. The van der Waals surface area contributed by atoms with Crippen LogP contribution in [-0.4, -0.2) is 11.6 Å². The van der Waals surface area contributed by atoms with Crippen molar-refractivity contribution in [3.8, 4) is 11.5 Å². The van der Waals surface area contributed by atoms with E-state index in [0.717, 1.165) is 65.0 Å². The van der Waals surface area contributed by atoms with Crippen LogP contribution in [0, 0.1) is 38.5 Å². The Hall–Kier alpha value is -2.55. The molecule has 0 spiro atoms. The largest absolute Gasteiger partial charge is 0.487 e. The van der Waals surface area contributed by atoms with E-state index in [4.69, 9.17) is 9.47 Å². The first-order valence-electron chi connectivity index (χ1n) is 16.3. The first kappa shape index (κ1) is 33.0. The Labute approximate surface area is 251 Å². The molecule has 0 bridgehead atoms. The number of hydrogen-bond donors (Lipinski definition) is 0. The highest BCUT2D eigenvalue weighted by atomic mass is 16.5. The highest BCUT2D eigenvalue weighted by Gasteiger charge is 2.34. The number of hydrogen-bond acceptors (Lipinski definition) is 3. The summed E-state index contributed by atoms with van der Waals surface area (Å²) in [4.78, 5) is 12.7. The minimum Gasteiger partial charge on any atom is -0.487 e. The minimum atomic E-state index is -0.351. The Morgan fingerprint density at radius 2 is 1.49 bits per heavy atom. The first-order chi connectivity index (χ1) is 19.5. The summed E-state index contributed by atoms with van der Waals surface area (Å²) in [7, 11) is 0. The second-order valence-corrected chi connectivity index (χ2v) is 13.6. The van der Waals surface area contributed by atoms with Crippen molar-refractivity contribution in [1.29, 1.82) is 0 Å². The molecule has 1 heterocycles. The van der Waals surface area contributed by atoms with Gasteiger partial charge in [-0.05, 0) is 99.5 Å². The van der Waals surface area contributed by atoms with Crippen molar-refractivity contribution < 1.29 is 14.3 Å². The van der Waals surface area contributed by atoms with Crippen LogP contribution in [0.2, 0.25) is 0 Å². The summed E-state index contributed by atoms with van der Waals surface area (Å²) >= 11 is 0. The lowest BCUT2D eigenvalue weighted by molar-refractivity contribution is -0.129. The quantitative estimate of drug-likeness (QED) is 0.123. The van der Waals surface area contributed by atoms with Gasteiger partial charge in [0.15, 0.2) is 0 Å². The van der Waals surface area contributed by atoms with Gasteiger partial charge in [0, 0.05) is 11.6 Å². The summed E-state index contributed by atoms with van der Waals surface area (Å²) in [6.07, 6.45) is 17.0. The molecule has 3 heteroatoms. The SMILES string of the molecule is Cc1c(C)c2c(c(C)c1OC(=O)C=Cc1ccccc1)CC[C@@](C)(CCC[C@H](C)CCC[C@H](C)CCCC(C)C)O2. The summed E-state index contributed by atoms with van der Waals surface area (Å²) in [5, 5.41) is 0. The molecule has 0 radical (unpaired) electrons. The molecule has 0 aliphatic carbocycles. The average Bonchev–Trinajstić information content (AvgIpc) is 2.93. The Balaban J connectivity index is 1.51. The molecular formula is C38H56O3. The van der Waals surface area contributed by atoms with Crippen molar-refractivity contribution in [3.63, 3.8) is 0 Å². The maximum absolute atomic E-state index is 12.7. The molecule has 0 saturated carbocycles.